The number of ether oxygens (including phenoxy) is 1. The Hall–Kier alpha value is -0.930. The first-order chi connectivity index (χ1) is 7.33. The molecule has 1 fully saturated rings. The smallest absolute Gasteiger partial charge is 0.111 e. The molecule has 2 nitrogen and oxygen atoms in total. The second kappa shape index (κ2) is 4.73. The topological polar surface area (TPSA) is 29.5 Å². The van der Waals surface area contributed by atoms with E-state index in [4.69, 9.17) is 9.84 Å². The molecule has 3 heteroatoms. The highest BCUT2D eigenvalue weighted by atomic mass is 19.1. The predicted octanol–water partition coefficient (Wildman–Crippen LogP) is 1.78. The lowest BCUT2D eigenvalue weighted by Gasteiger charge is -2.02. The lowest BCUT2D eigenvalue weighted by atomic mass is 10.2. The summed E-state index contributed by atoms with van der Waals surface area (Å²) in [6.45, 7) is 0.851. The normalized spacial score (nSPS) is 29.1. The summed E-state index contributed by atoms with van der Waals surface area (Å²) in [5.74, 6) is -0.292. The van der Waals surface area contributed by atoms with Gasteiger partial charge in [0, 0.05) is 18.4 Å². The summed E-state index contributed by atoms with van der Waals surface area (Å²) in [5.41, 5.74) is 1.09. The average molecular weight is 210 g/mol. The fourth-order valence-electron chi connectivity index (χ4n) is 1.74. The van der Waals surface area contributed by atoms with Crippen molar-refractivity contribution in [1.29, 1.82) is 0 Å². The van der Waals surface area contributed by atoms with E-state index in [9.17, 15) is 4.39 Å². The number of halogens is 1. The van der Waals surface area contributed by atoms with Crippen LogP contribution in [0.4, 0.5) is 4.39 Å². The Morgan fingerprint density at radius 2 is 1.93 bits per heavy atom. The number of hydrogen-bond acceptors (Lipinski definition) is 2. The Kier molecular flexibility index (Phi) is 3.34. The van der Waals surface area contributed by atoms with Crippen molar-refractivity contribution in [3.63, 3.8) is 0 Å². The number of alkyl halides is 1. The van der Waals surface area contributed by atoms with Crippen molar-refractivity contribution in [2.75, 3.05) is 13.2 Å². The molecule has 0 bridgehead atoms. The van der Waals surface area contributed by atoms with E-state index in [0.29, 0.717) is 13.2 Å². The molecule has 15 heavy (non-hydrogen) atoms. The van der Waals surface area contributed by atoms with Crippen LogP contribution in [0.1, 0.15) is 5.56 Å². The minimum Gasteiger partial charge on any atom is -0.396 e. The molecule has 1 aliphatic rings. The van der Waals surface area contributed by atoms with Crippen molar-refractivity contribution in [3.05, 3.63) is 35.9 Å². The maximum atomic E-state index is 12.9. The number of aliphatic hydroxyl groups excluding tert-OH is 1. The summed E-state index contributed by atoms with van der Waals surface area (Å²) >= 11 is 0. The van der Waals surface area contributed by atoms with E-state index in [1.165, 1.54) is 0 Å². The molecule has 0 spiro atoms. The van der Waals surface area contributed by atoms with Gasteiger partial charge >= 0.3 is 0 Å². The second-order valence-electron chi connectivity index (χ2n) is 3.96. The van der Waals surface area contributed by atoms with Gasteiger partial charge < -0.3 is 9.84 Å². The Morgan fingerprint density at radius 3 is 2.53 bits per heavy atom. The Bertz CT molecular complexity index is 302. The molecule has 0 aliphatic heterocycles. The van der Waals surface area contributed by atoms with Crippen LogP contribution in [0.2, 0.25) is 0 Å². The van der Waals surface area contributed by atoms with Gasteiger partial charge in [0.2, 0.25) is 0 Å². The van der Waals surface area contributed by atoms with E-state index in [1.54, 1.807) is 0 Å². The van der Waals surface area contributed by atoms with Crippen LogP contribution < -0.4 is 0 Å². The van der Waals surface area contributed by atoms with Gasteiger partial charge in [-0.25, -0.2) is 4.39 Å². The molecular weight excluding hydrogens is 195 g/mol. The average Bonchev–Trinajstić information content (AvgIpc) is 2.90. The second-order valence-corrected chi connectivity index (χ2v) is 3.96. The van der Waals surface area contributed by atoms with E-state index in [-0.39, 0.29) is 18.4 Å². The molecule has 0 radical (unpaired) electrons. The highest BCUT2D eigenvalue weighted by Crippen LogP contribution is 2.41. The van der Waals surface area contributed by atoms with E-state index < -0.39 is 6.17 Å². The first kappa shape index (κ1) is 10.6. The highest BCUT2D eigenvalue weighted by molar-refractivity contribution is 5.13. The summed E-state index contributed by atoms with van der Waals surface area (Å²) in [6, 6.07) is 9.80. The summed E-state index contributed by atoms with van der Waals surface area (Å²) < 4.78 is 18.3. The van der Waals surface area contributed by atoms with Gasteiger partial charge in [0.05, 0.1) is 13.2 Å². The van der Waals surface area contributed by atoms with Gasteiger partial charge in [-0.2, -0.15) is 0 Å². The van der Waals surface area contributed by atoms with E-state index in [0.717, 1.165) is 5.56 Å². The van der Waals surface area contributed by atoms with E-state index in [1.807, 2.05) is 30.3 Å². The summed E-state index contributed by atoms with van der Waals surface area (Å²) in [4.78, 5) is 0. The third kappa shape index (κ3) is 2.55. The molecule has 1 saturated carbocycles. The van der Waals surface area contributed by atoms with Crippen molar-refractivity contribution >= 4 is 0 Å². The third-order valence-electron chi connectivity index (χ3n) is 2.86. The first-order valence-electron chi connectivity index (χ1n) is 5.19. The van der Waals surface area contributed by atoms with Gasteiger partial charge in [-0.3, -0.25) is 0 Å². The summed E-state index contributed by atoms with van der Waals surface area (Å²) in [6.07, 6.45) is -0.870. The van der Waals surface area contributed by atoms with Crippen molar-refractivity contribution < 1.29 is 14.2 Å². The molecule has 0 aromatic heterocycles. The largest absolute Gasteiger partial charge is 0.396 e. The van der Waals surface area contributed by atoms with Crippen LogP contribution in [-0.4, -0.2) is 24.5 Å². The fourth-order valence-corrected chi connectivity index (χ4v) is 1.74. The van der Waals surface area contributed by atoms with Gasteiger partial charge in [-0.05, 0) is 5.56 Å². The van der Waals surface area contributed by atoms with Crippen LogP contribution in [-0.2, 0) is 11.3 Å². The highest BCUT2D eigenvalue weighted by Gasteiger charge is 2.50. The molecule has 2 rings (SSSR count). The van der Waals surface area contributed by atoms with Crippen LogP contribution in [0.3, 0.4) is 0 Å². The molecule has 0 heterocycles. The molecule has 82 valence electrons. The molecule has 1 N–H and O–H groups in total. The quantitative estimate of drug-likeness (QED) is 0.802. The SMILES string of the molecule is OCC1C(COCc2ccccc2)[C@H]1F. The zero-order chi connectivity index (χ0) is 10.7. The van der Waals surface area contributed by atoms with Gasteiger partial charge in [0.25, 0.3) is 0 Å². The number of benzene rings is 1. The Balaban J connectivity index is 1.68. The van der Waals surface area contributed by atoms with Crippen LogP contribution in [0.5, 0.6) is 0 Å². The molecule has 0 amide bonds. The summed E-state index contributed by atoms with van der Waals surface area (Å²) in [5, 5.41) is 8.77. The van der Waals surface area contributed by atoms with Crippen LogP contribution >= 0.6 is 0 Å². The molecule has 1 aromatic rings. The zero-order valence-corrected chi connectivity index (χ0v) is 8.47. The number of hydrogen-bond donors (Lipinski definition) is 1. The number of rotatable bonds is 5. The molecule has 0 saturated heterocycles. The number of aliphatic hydroxyl groups is 1. The minimum atomic E-state index is -0.870. The fraction of sp³-hybridized carbons (Fsp3) is 0.500. The first-order valence-corrected chi connectivity index (χ1v) is 5.19. The molecule has 1 aliphatic carbocycles. The maximum absolute atomic E-state index is 12.9. The van der Waals surface area contributed by atoms with Crippen LogP contribution in [0.25, 0.3) is 0 Å². The van der Waals surface area contributed by atoms with Gasteiger partial charge in [0.1, 0.15) is 6.17 Å². The Morgan fingerprint density at radius 1 is 1.20 bits per heavy atom. The maximum Gasteiger partial charge on any atom is 0.111 e. The molecule has 2 unspecified atom stereocenters. The standard InChI is InChI=1S/C12H15FO2/c13-12-10(6-14)11(12)8-15-7-9-4-2-1-3-5-9/h1-5,10-12,14H,6-8H2/t10?,11?,12-/m0/s1. The minimum absolute atomic E-state index is 0.0689. The van der Waals surface area contributed by atoms with Crippen molar-refractivity contribution in [2.24, 2.45) is 11.8 Å². The molecular formula is C12H15FO2. The van der Waals surface area contributed by atoms with Gasteiger partial charge in [-0.15, -0.1) is 0 Å². The van der Waals surface area contributed by atoms with Gasteiger partial charge in [0.15, 0.2) is 0 Å². The monoisotopic (exact) mass is 210 g/mol. The zero-order valence-electron chi connectivity index (χ0n) is 8.47. The van der Waals surface area contributed by atoms with Crippen molar-refractivity contribution in [2.45, 2.75) is 12.8 Å². The Labute approximate surface area is 88.7 Å². The van der Waals surface area contributed by atoms with Crippen molar-refractivity contribution in [1.82, 2.24) is 0 Å². The van der Waals surface area contributed by atoms with Crippen LogP contribution in [0.15, 0.2) is 30.3 Å². The van der Waals surface area contributed by atoms with Gasteiger partial charge in [-0.1, -0.05) is 30.3 Å². The van der Waals surface area contributed by atoms with E-state index in [2.05, 4.69) is 0 Å². The molecule has 3 atom stereocenters. The van der Waals surface area contributed by atoms with E-state index >= 15 is 0 Å². The predicted molar refractivity (Wildman–Crippen MR) is 55.1 cm³/mol. The lowest BCUT2D eigenvalue weighted by molar-refractivity contribution is 0.101. The summed E-state index contributed by atoms with van der Waals surface area (Å²) in [7, 11) is 0. The van der Waals surface area contributed by atoms with Crippen molar-refractivity contribution in [3.8, 4) is 0 Å². The molecule has 1 aromatic carbocycles. The third-order valence-corrected chi connectivity index (χ3v) is 2.86. The van der Waals surface area contributed by atoms with Crippen LogP contribution in [0, 0.1) is 11.8 Å². The lowest BCUT2D eigenvalue weighted by Crippen LogP contribution is -2.00.